The van der Waals surface area contributed by atoms with Gasteiger partial charge in [-0.1, -0.05) is 0 Å². The van der Waals surface area contributed by atoms with E-state index in [1.54, 1.807) is 0 Å². The highest BCUT2D eigenvalue weighted by Gasteiger charge is 2.24. The Morgan fingerprint density at radius 3 is 1.79 bits per heavy atom. The maximum atomic E-state index is 10.5. The van der Waals surface area contributed by atoms with Crippen molar-refractivity contribution in [3.05, 3.63) is 33.4 Å². The molecule has 0 saturated heterocycles. The Hall–Kier alpha value is -0.560. The Morgan fingerprint density at radius 1 is 0.667 bits per heavy atom. The molecule has 3 rings (SSSR count). The molecule has 24 heavy (non-hydrogen) atoms. The van der Waals surface area contributed by atoms with Crippen LogP contribution in [-0.4, -0.2) is 5.11 Å². The number of nitrogens with two attached hydrogens (primary N) is 1. The number of phenols is 1. The third kappa shape index (κ3) is 2.71. The van der Waals surface area contributed by atoms with Crippen molar-refractivity contribution in [3.63, 3.8) is 0 Å². The van der Waals surface area contributed by atoms with Gasteiger partial charge in [0.05, 0.1) is 4.90 Å². The Kier molecular flexibility index (Phi) is 5.04. The predicted molar refractivity (Wildman–Crippen MR) is 112 cm³/mol. The second-order valence-corrected chi connectivity index (χ2v) is 8.11. The van der Waals surface area contributed by atoms with Crippen LogP contribution >= 0.6 is 50.5 Å². The summed E-state index contributed by atoms with van der Waals surface area (Å²) in [6.07, 6.45) is 3.05. The molecule has 0 saturated carbocycles. The molecule has 128 valence electrons. The summed E-state index contributed by atoms with van der Waals surface area (Å²) in [7, 11) is 0. The lowest BCUT2D eigenvalue weighted by atomic mass is 9.85. The molecular weight excluding hydrogens is 374 g/mol. The van der Waals surface area contributed by atoms with E-state index < -0.39 is 0 Å². The van der Waals surface area contributed by atoms with E-state index >= 15 is 0 Å². The monoisotopic (exact) mass is 395 g/mol. The summed E-state index contributed by atoms with van der Waals surface area (Å²) in [5, 5.41) is 10.5. The molecule has 0 atom stereocenters. The minimum atomic E-state index is 0.216. The number of thiol groups is 4. The van der Waals surface area contributed by atoms with Crippen LogP contribution in [0.3, 0.4) is 0 Å². The maximum absolute atomic E-state index is 10.5. The largest absolute Gasteiger partial charge is 0.506 e. The predicted octanol–water partition coefficient (Wildman–Crippen LogP) is 4.63. The van der Waals surface area contributed by atoms with E-state index in [1.807, 2.05) is 6.92 Å². The van der Waals surface area contributed by atoms with Crippen LogP contribution in [0.5, 0.6) is 5.75 Å². The summed E-state index contributed by atoms with van der Waals surface area (Å²) in [6.45, 7) is 4.11. The zero-order valence-corrected chi connectivity index (χ0v) is 17.2. The Balaban J connectivity index is 2.18. The normalized spacial score (nSPS) is 13.9. The highest BCUT2D eigenvalue weighted by molar-refractivity contribution is 7.85. The number of phenolic OH excluding ortho intramolecular Hbond substituents is 1. The summed E-state index contributed by atoms with van der Waals surface area (Å²) in [5.74, 6) is 0.216. The van der Waals surface area contributed by atoms with Gasteiger partial charge in [-0.25, -0.2) is 0 Å². The van der Waals surface area contributed by atoms with Crippen LogP contribution in [0.25, 0.3) is 0 Å². The Bertz CT molecular complexity index is 720. The van der Waals surface area contributed by atoms with Gasteiger partial charge in [0, 0.05) is 20.4 Å². The molecule has 0 radical (unpaired) electrons. The average molecular weight is 396 g/mol. The smallest absolute Gasteiger partial charge is 0.133 e. The Labute approximate surface area is 164 Å². The minimum absolute atomic E-state index is 0.216. The molecule has 0 aliphatic heterocycles. The second kappa shape index (κ2) is 6.63. The summed E-state index contributed by atoms with van der Waals surface area (Å²) in [6, 6.07) is 0. The van der Waals surface area contributed by atoms with E-state index in [0.29, 0.717) is 16.2 Å². The molecule has 2 aromatic rings. The highest BCUT2D eigenvalue weighted by Crippen LogP contribution is 2.43. The van der Waals surface area contributed by atoms with Crippen LogP contribution in [0, 0.1) is 13.8 Å². The number of hydrogen-bond donors (Lipinski definition) is 6. The van der Waals surface area contributed by atoms with Gasteiger partial charge in [-0.3, -0.25) is 0 Å². The molecule has 0 spiro atoms. The van der Waals surface area contributed by atoms with E-state index in [4.69, 9.17) is 18.4 Å². The van der Waals surface area contributed by atoms with Gasteiger partial charge in [0.2, 0.25) is 0 Å². The first-order chi connectivity index (χ1) is 11.3. The van der Waals surface area contributed by atoms with Crippen LogP contribution in [0.1, 0.15) is 33.4 Å². The molecule has 1 aliphatic rings. The van der Waals surface area contributed by atoms with E-state index in [-0.39, 0.29) is 5.75 Å². The van der Waals surface area contributed by atoms with Gasteiger partial charge in [0.1, 0.15) is 5.75 Å². The first-order valence-electron chi connectivity index (χ1n) is 7.82. The van der Waals surface area contributed by atoms with E-state index in [2.05, 4.69) is 44.8 Å². The molecular formula is C18H21NOS4. The van der Waals surface area contributed by atoms with E-state index in [9.17, 15) is 5.11 Å². The van der Waals surface area contributed by atoms with Crippen LogP contribution < -0.4 is 5.73 Å². The molecule has 6 heteroatoms. The number of aromatic hydroxyl groups is 1. The highest BCUT2D eigenvalue weighted by atomic mass is 32.1. The van der Waals surface area contributed by atoms with Crippen molar-refractivity contribution >= 4 is 56.2 Å². The molecule has 0 amide bonds. The third-order valence-electron chi connectivity index (χ3n) is 5.16. The molecule has 2 aromatic carbocycles. The quantitative estimate of drug-likeness (QED) is 0.291. The lowest BCUT2D eigenvalue weighted by Crippen LogP contribution is -2.13. The molecule has 2 nitrogen and oxygen atoms in total. The average Bonchev–Trinajstić information content (AvgIpc) is 2.55. The van der Waals surface area contributed by atoms with Gasteiger partial charge in [0.25, 0.3) is 0 Å². The SMILES string of the molecule is Cc1c(C)c(S)c2c(c1N)CCc1c(O)c(S)c(S)c(S)c1CC2. The van der Waals surface area contributed by atoms with Crippen molar-refractivity contribution < 1.29 is 5.11 Å². The number of benzene rings is 2. The standard InChI is InChI=1S/C18H21NOS4/c1-7-8(2)15(21)11-5-6-12-10(4-3-9(11)13(7)19)14(20)17(23)18(24)16(12)22/h20-24H,3-6,19H2,1-2H3. The van der Waals surface area contributed by atoms with Crippen LogP contribution in [0.15, 0.2) is 19.6 Å². The first-order valence-corrected chi connectivity index (χ1v) is 9.61. The molecule has 0 unspecified atom stereocenters. The van der Waals surface area contributed by atoms with Crippen LogP contribution in [0.2, 0.25) is 0 Å². The third-order valence-corrected chi connectivity index (χ3v) is 7.49. The van der Waals surface area contributed by atoms with Crippen molar-refractivity contribution in [3.8, 4) is 5.75 Å². The van der Waals surface area contributed by atoms with Gasteiger partial charge in [0.15, 0.2) is 0 Å². The van der Waals surface area contributed by atoms with Crippen LogP contribution in [-0.2, 0) is 25.7 Å². The molecule has 0 aromatic heterocycles. The lowest BCUT2D eigenvalue weighted by Gasteiger charge is -2.25. The first kappa shape index (κ1) is 18.2. The fourth-order valence-corrected chi connectivity index (χ4v) is 4.88. The fourth-order valence-electron chi connectivity index (χ4n) is 3.53. The van der Waals surface area contributed by atoms with Crippen molar-refractivity contribution in [2.24, 2.45) is 0 Å². The lowest BCUT2D eigenvalue weighted by molar-refractivity contribution is 0.448. The zero-order chi connectivity index (χ0) is 17.8. The van der Waals surface area contributed by atoms with Gasteiger partial charge >= 0.3 is 0 Å². The van der Waals surface area contributed by atoms with Crippen molar-refractivity contribution in [1.29, 1.82) is 0 Å². The van der Waals surface area contributed by atoms with Crippen molar-refractivity contribution in [1.82, 2.24) is 0 Å². The summed E-state index contributed by atoms with van der Waals surface area (Å²) in [5.41, 5.74) is 13.8. The maximum Gasteiger partial charge on any atom is 0.133 e. The fraction of sp³-hybridized carbons (Fsp3) is 0.333. The van der Waals surface area contributed by atoms with E-state index in [1.165, 1.54) is 5.56 Å². The van der Waals surface area contributed by atoms with Crippen LogP contribution in [0.4, 0.5) is 5.69 Å². The summed E-state index contributed by atoms with van der Waals surface area (Å²) < 4.78 is 0. The van der Waals surface area contributed by atoms with E-state index in [0.717, 1.165) is 62.6 Å². The zero-order valence-electron chi connectivity index (χ0n) is 13.6. The summed E-state index contributed by atoms with van der Waals surface area (Å²) in [4.78, 5) is 2.95. The number of nitrogen functional groups attached to an aromatic ring is 1. The number of hydrogen-bond acceptors (Lipinski definition) is 6. The number of fused-ring (bicyclic) bond motifs is 2. The van der Waals surface area contributed by atoms with Gasteiger partial charge in [-0.05, 0) is 72.9 Å². The molecule has 0 bridgehead atoms. The van der Waals surface area contributed by atoms with Crippen molar-refractivity contribution in [2.75, 3.05) is 5.73 Å². The topological polar surface area (TPSA) is 46.2 Å². The summed E-state index contributed by atoms with van der Waals surface area (Å²) >= 11 is 18.2. The van der Waals surface area contributed by atoms with Gasteiger partial charge < -0.3 is 10.8 Å². The number of rotatable bonds is 0. The molecule has 0 heterocycles. The van der Waals surface area contributed by atoms with Gasteiger partial charge in [-0.15, -0.1) is 50.5 Å². The minimum Gasteiger partial charge on any atom is -0.506 e. The molecule has 3 N–H and O–H groups in total. The molecule has 0 fully saturated rings. The van der Waals surface area contributed by atoms with Crippen molar-refractivity contribution in [2.45, 2.75) is 59.1 Å². The van der Waals surface area contributed by atoms with Gasteiger partial charge in [-0.2, -0.15) is 0 Å². The molecule has 1 aliphatic carbocycles. The number of anilines is 1. The Morgan fingerprint density at radius 2 is 1.17 bits per heavy atom. The second-order valence-electron chi connectivity index (χ2n) is 6.32.